The fraction of sp³-hybridized carbons (Fsp3) is 0.400. The number of rotatable bonds is 9. The Labute approximate surface area is 204 Å². The van der Waals surface area contributed by atoms with Gasteiger partial charge in [0.15, 0.2) is 11.5 Å². The number of likely N-dealkylation sites (tertiary alicyclic amines) is 1. The number of methoxy groups -OCH3 is 2. The first-order chi connectivity index (χ1) is 16.6. The number of nitrogens with one attached hydrogen (secondary N) is 1. The van der Waals surface area contributed by atoms with E-state index >= 15 is 0 Å². The molecule has 1 aliphatic heterocycles. The van der Waals surface area contributed by atoms with E-state index in [-0.39, 0.29) is 11.8 Å². The van der Waals surface area contributed by atoms with E-state index in [1.54, 1.807) is 26.4 Å². The molecular formula is C25H29ClN4O4. The van der Waals surface area contributed by atoms with Crippen molar-refractivity contribution in [1.82, 2.24) is 20.4 Å². The largest absolute Gasteiger partial charge is 0.493 e. The molecule has 1 amide bonds. The van der Waals surface area contributed by atoms with Crippen molar-refractivity contribution >= 4 is 17.5 Å². The van der Waals surface area contributed by atoms with Crippen molar-refractivity contribution in [2.24, 2.45) is 5.92 Å². The first-order valence-corrected chi connectivity index (χ1v) is 11.7. The topological polar surface area (TPSA) is 89.7 Å². The highest BCUT2D eigenvalue weighted by Crippen LogP contribution is 2.27. The van der Waals surface area contributed by atoms with Gasteiger partial charge in [0.2, 0.25) is 17.6 Å². The van der Waals surface area contributed by atoms with E-state index in [9.17, 15) is 4.79 Å². The number of nitrogens with zero attached hydrogens (tertiary/aromatic N) is 3. The normalized spacial score (nSPS) is 14.7. The first kappa shape index (κ1) is 24.0. The zero-order chi connectivity index (χ0) is 23.9. The molecule has 9 heteroatoms. The SMILES string of the molecule is COc1ccc(CCNC(=O)C2CCN(Cc3nc(-c4ccc(Cl)cc4)no3)CC2)cc1OC. The molecule has 0 saturated carbocycles. The predicted octanol–water partition coefficient (Wildman–Crippen LogP) is 3.98. The molecule has 0 unspecified atom stereocenters. The molecule has 1 aromatic heterocycles. The molecule has 1 fully saturated rings. The highest BCUT2D eigenvalue weighted by Gasteiger charge is 2.26. The summed E-state index contributed by atoms with van der Waals surface area (Å²) in [4.78, 5) is 19.4. The summed E-state index contributed by atoms with van der Waals surface area (Å²) in [7, 11) is 3.23. The number of piperidine rings is 1. The van der Waals surface area contributed by atoms with Gasteiger partial charge in [0.05, 0.1) is 20.8 Å². The number of halogens is 1. The number of benzene rings is 2. The average Bonchev–Trinajstić information content (AvgIpc) is 3.33. The molecule has 1 N–H and O–H groups in total. The molecule has 1 aliphatic rings. The molecule has 2 aromatic carbocycles. The fourth-order valence-electron chi connectivity index (χ4n) is 4.09. The second-order valence-electron chi connectivity index (χ2n) is 8.30. The lowest BCUT2D eigenvalue weighted by molar-refractivity contribution is -0.126. The van der Waals surface area contributed by atoms with Crippen LogP contribution < -0.4 is 14.8 Å². The summed E-state index contributed by atoms with van der Waals surface area (Å²) >= 11 is 5.94. The molecule has 4 rings (SSSR count). The Hall–Kier alpha value is -3.10. The second kappa shape index (κ2) is 11.4. The maximum absolute atomic E-state index is 12.6. The van der Waals surface area contributed by atoms with Crippen molar-refractivity contribution in [1.29, 1.82) is 0 Å². The molecule has 8 nitrogen and oxygen atoms in total. The van der Waals surface area contributed by atoms with Crippen LogP contribution in [-0.2, 0) is 17.8 Å². The highest BCUT2D eigenvalue weighted by atomic mass is 35.5. The third kappa shape index (κ3) is 6.07. The molecule has 1 saturated heterocycles. The summed E-state index contributed by atoms with van der Waals surface area (Å²) in [6.45, 7) is 2.79. The molecule has 0 radical (unpaired) electrons. The van der Waals surface area contributed by atoms with E-state index in [0.717, 1.165) is 43.5 Å². The van der Waals surface area contributed by atoms with E-state index in [1.807, 2.05) is 30.3 Å². The quantitative estimate of drug-likeness (QED) is 0.491. The van der Waals surface area contributed by atoms with E-state index in [4.69, 9.17) is 25.6 Å². The van der Waals surface area contributed by atoms with Crippen molar-refractivity contribution in [3.8, 4) is 22.9 Å². The van der Waals surface area contributed by atoms with Crippen LogP contribution in [0.25, 0.3) is 11.4 Å². The van der Waals surface area contributed by atoms with Crippen LogP contribution in [0.5, 0.6) is 11.5 Å². The van der Waals surface area contributed by atoms with Crippen molar-refractivity contribution in [2.75, 3.05) is 33.9 Å². The standard InChI is InChI=1S/C25H29ClN4O4/c1-32-21-8-3-17(15-22(21)33-2)9-12-27-25(31)19-10-13-30(14-11-19)16-23-28-24(29-34-23)18-4-6-20(26)7-5-18/h3-8,15,19H,9-14,16H2,1-2H3,(H,27,31). The lowest BCUT2D eigenvalue weighted by Crippen LogP contribution is -2.40. The molecular weight excluding hydrogens is 456 g/mol. The average molecular weight is 485 g/mol. The van der Waals surface area contributed by atoms with Crippen LogP contribution in [0.15, 0.2) is 47.0 Å². The van der Waals surface area contributed by atoms with Crippen molar-refractivity contribution < 1.29 is 18.8 Å². The van der Waals surface area contributed by atoms with Crippen LogP contribution in [0.1, 0.15) is 24.3 Å². The third-order valence-corrected chi connectivity index (χ3v) is 6.30. The Balaban J connectivity index is 1.20. The van der Waals surface area contributed by atoms with Crippen LogP contribution in [-0.4, -0.2) is 54.8 Å². The van der Waals surface area contributed by atoms with Crippen LogP contribution in [0, 0.1) is 5.92 Å². The monoisotopic (exact) mass is 484 g/mol. The predicted molar refractivity (Wildman–Crippen MR) is 129 cm³/mol. The third-order valence-electron chi connectivity index (χ3n) is 6.05. The summed E-state index contributed by atoms with van der Waals surface area (Å²) in [6, 6.07) is 13.2. The van der Waals surface area contributed by atoms with Gasteiger partial charge in [0.1, 0.15) is 0 Å². The van der Waals surface area contributed by atoms with Gasteiger partial charge < -0.3 is 19.3 Å². The minimum Gasteiger partial charge on any atom is -0.493 e. The minimum atomic E-state index is 0.0222. The highest BCUT2D eigenvalue weighted by molar-refractivity contribution is 6.30. The Morgan fingerprint density at radius 1 is 1.12 bits per heavy atom. The van der Waals surface area contributed by atoms with Crippen LogP contribution in [0.3, 0.4) is 0 Å². The number of hydrogen-bond acceptors (Lipinski definition) is 7. The summed E-state index contributed by atoms with van der Waals surface area (Å²) in [5.74, 6) is 2.65. The second-order valence-corrected chi connectivity index (χ2v) is 8.74. The molecule has 180 valence electrons. The van der Waals surface area contributed by atoms with Gasteiger partial charge in [-0.15, -0.1) is 0 Å². The van der Waals surface area contributed by atoms with Gasteiger partial charge in [0, 0.05) is 23.0 Å². The van der Waals surface area contributed by atoms with Crippen molar-refractivity contribution in [2.45, 2.75) is 25.8 Å². The molecule has 3 aromatic rings. The molecule has 0 bridgehead atoms. The lowest BCUT2D eigenvalue weighted by atomic mass is 9.96. The Morgan fingerprint density at radius 2 is 1.85 bits per heavy atom. The van der Waals surface area contributed by atoms with Crippen molar-refractivity contribution in [3.63, 3.8) is 0 Å². The molecule has 0 atom stereocenters. The molecule has 2 heterocycles. The number of carbonyl (C=O) groups excluding carboxylic acids is 1. The Morgan fingerprint density at radius 3 is 2.56 bits per heavy atom. The van der Waals surface area contributed by atoms with Gasteiger partial charge in [-0.2, -0.15) is 4.98 Å². The molecule has 0 spiro atoms. The Bertz CT molecular complexity index is 1090. The number of hydrogen-bond donors (Lipinski definition) is 1. The Kier molecular flexibility index (Phi) is 8.03. The summed E-state index contributed by atoms with van der Waals surface area (Å²) < 4.78 is 16.0. The molecule has 34 heavy (non-hydrogen) atoms. The fourth-order valence-corrected chi connectivity index (χ4v) is 4.22. The van der Waals surface area contributed by atoms with Gasteiger partial charge in [0.25, 0.3) is 0 Å². The number of amides is 1. The van der Waals surface area contributed by atoms with Gasteiger partial charge in [-0.05, 0) is 74.3 Å². The van der Waals surface area contributed by atoms with E-state index in [1.165, 1.54) is 0 Å². The number of carbonyl (C=O) groups is 1. The van der Waals surface area contributed by atoms with Gasteiger partial charge in [-0.25, -0.2) is 0 Å². The minimum absolute atomic E-state index is 0.0222. The summed E-state index contributed by atoms with van der Waals surface area (Å²) in [6.07, 6.45) is 2.35. The van der Waals surface area contributed by atoms with E-state index in [2.05, 4.69) is 20.4 Å². The van der Waals surface area contributed by atoms with E-state index in [0.29, 0.717) is 41.3 Å². The zero-order valence-corrected chi connectivity index (χ0v) is 20.2. The summed E-state index contributed by atoms with van der Waals surface area (Å²) in [5, 5.41) is 7.81. The van der Waals surface area contributed by atoms with Crippen LogP contribution in [0.2, 0.25) is 5.02 Å². The maximum Gasteiger partial charge on any atom is 0.241 e. The smallest absolute Gasteiger partial charge is 0.241 e. The molecule has 0 aliphatic carbocycles. The summed E-state index contributed by atoms with van der Waals surface area (Å²) in [5.41, 5.74) is 1.95. The van der Waals surface area contributed by atoms with Gasteiger partial charge >= 0.3 is 0 Å². The van der Waals surface area contributed by atoms with Crippen molar-refractivity contribution in [3.05, 3.63) is 58.9 Å². The van der Waals surface area contributed by atoms with Gasteiger partial charge in [-0.1, -0.05) is 22.8 Å². The van der Waals surface area contributed by atoms with Crippen LogP contribution >= 0.6 is 11.6 Å². The maximum atomic E-state index is 12.6. The van der Waals surface area contributed by atoms with Crippen LogP contribution in [0.4, 0.5) is 0 Å². The van der Waals surface area contributed by atoms with E-state index < -0.39 is 0 Å². The number of ether oxygens (including phenoxy) is 2. The number of aromatic nitrogens is 2. The lowest BCUT2D eigenvalue weighted by Gasteiger charge is -2.30. The van der Waals surface area contributed by atoms with Gasteiger partial charge in [-0.3, -0.25) is 9.69 Å². The first-order valence-electron chi connectivity index (χ1n) is 11.3. The zero-order valence-electron chi connectivity index (χ0n) is 19.4.